The van der Waals surface area contributed by atoms with Crippen molar-refractivity contribution >= 4 is 23.2 Å². The average Bonchev–Trinajstić information content (AvgIpc) is 2.56. The lowest BCUT2D eigenvalue weighted by molar-refractivity contribution is -0.137. The van der Waals surface area contributed by atoms with E-state index in [1.807, 2.05) is 11.9 Å². The normalized spacial score (nSPS) is 11.3. The molecule has 2 aromatic rings. The van der Waals surface area contributed by atoms with Crippen molar-refractivity contribution in [2.45, 2.75) is 25.9 Å². The van der Waals surface area contributed by atoms with E-state index >= 15 is 0 Å². The molecular weight excluding hydrogens is 373 g/mol. The number of carbonyl (C=O) groups is 1. The summed E-state index contributed by atoms with van der Waals surface area (Å²) in [5, 5.41) is 2.80. The van der Waals surface area contributed by atoms with Gasteiger partial charge in [0.25, 0.3) is 5.56 Å². The van der Waals surface area contributed by atoms with Crippen molar-refractivity contribution in [2.75, 3.05) is 11.9 Å². The number of carbonyl (C=O) groups excluding carboxylic acids is 1. The first kappa shape index (κ1) is 19.8. The molecule has 1 aromatic carbocycles. The number of halogens is 4. The lowest BCUT2D eigenvalue weighted by Gasteiger charge is -2.10. The third-order valence-corrected chi connectivity index (χ3v) is 3.88. The summed E-state index contributed by atoms with van der Waals surface area (Å²) in [6.45, 7) is 2.06. The molecule has 2 rings (SSSR count). The smallest absolute Gasteiger partial charge is 0.417 e. The molecule has 0 fully saturated rings. The SMILES string of the molecule is Cc1cc(OCCCC(=O)Nc2cc(C(F)(F)F)c[nH]c2=O)ccc1Cl. The van der Waals surface area contributed by atoms with Crippen molar-refractivity contribution in [3.8, 4) is 5.75 Å². The highest BCUT2D eigenvalue weighted by molar-refractivity contribution is 6.31. The van der Waals surface area contributed by atoms with Crippen LogP contribution in [-0.2, 0) is 11.0 Å². The van der Waals surface area contributed by atoms with Crippen molar-refractivity contribution in [1.29, 1.82) is 0 Å². The van der Waals surface area contributed by atoms with E-state index in [4.69, 9.17) is 16.3 Å². The fourth-order valence-electron chi connectivity index (χ4n) is 2.08. The minimum absolute atomic E-state index is 0.0116. The van der Waals surface area contributed by atoms with Gasteiger partial charge >= 0.3 is 6.18 Å². The molecule has 140 valence electrons. The molecule has 0 atom stereocenters. The zero-order valence-corrected chi connectivity index (χ0v) is 14.5. The summed E-state index contributed by atoms with van der Waals surface area (Å²) in [4.78, 5) is 25.3. The Balaban J connectivity index is 1.85. The van der Waals surface area contributed by atoms with E-state index in [1.165, 1.54) is 0 Å². The van der Waals surface area contributed by atoms with Crippen molar-refractivity contribution in [3.05, 3.63) is 57.0 Å². The van der Waals surface area contributed by atoms with Crippen LogP contribution in [0.25, 0.3) is 0 Å². The summed E-state index contributed by atoms with van der Waals surface area (Å²) in [5.74, 6) is 0.0207. The number of hydrogen-bond donors (Lipinski definition) is 2. The molecule has 0 saturated carbocycles. The Labute approximate surface area is 152 Å². The lowest BCUT2D eigenvalue weighted by Crippen LogP contribution is -2.21. The maximum atomic E-state index is 12.6. The monoisotopic (exact) mass is 388 g/mol. The number of hydrogen-bond acceptors (Lipinski definition) is 3. The highest BCUT2D eigenvalue weighted by Gasteiger charge is 2.31. The maximum absolute atomic E-state index is 12.6. The molecule has 0 spiro atoms. The number of nitrogens with one attached hydrogen (secondary N) is 2. The number of pyridine rings is 1. The number of aryl methyl sites for hydroxylation is 1. The molecule has 2 N–H and O–H groups in total. The summed E-state index contributed by atoms with van der Waals surface area (Å²) in [7, 11) is 0. The van der Waals surface area contributed by atoms with Gasteiger partial charge in [-0.25, -0.2) is 0 Å². The van der Waals surface area contributed by atoms with Crippen LogP contribution < -0.4 is 15.6 Å². The van der Waals surface area contributed by atoms with Gasteiger partial charge in [0.05, 0.1) is 12.2 Å². The number of alkyl halides is 3. The topological polar surface area (TPSA) is 71.2 Å². The van der Waals surface area contributed by atoms with Gasteiger partial charge in [-0.2, -0.15) is 13.2 Å². The molecule has 1 aromatic heterocycles. The van der Waals surface area contributed by atoms with Crippen LogP contribution >= 0.6 is 11.6 Å². The Bertz CT molecular complexity index is 850. The van der Waals surface area contributed by atoms with Crippen LogP contribution in [0.5, 0.6) is 5.75 Å². The number of benzene rings is 1. The van der Waals surface area contributed by atoms with Crippen LogP contribution in [0.3, 0.4) is 0 Å². The average molecular weight is 389 g/mol. The van der Waals surface area contributed by atoms with Crippen LogP contribution in [0.4, 0.5) is 18.9 Å². The van der Waals surface area contributed by atoms with Gasteiger partial charge in [-0.15, -0.1) is 0 Å². The zero-order valence-electron chi connectivity index (χ0n) is 13.7. The minimum Gasteiger partial charge on any atom is -0.494 e. The van der Waals surface area contributed by atoms with Crippen LogP contribution in [0, 0.1) is 6.92 Å². The Kier molecular flexibility index (Phi) is 6.31. The number of rotatable bonds is 6. The second kappa shape index (κ2) is 8.27. The molecule has 5 nitrogen and oxygen atoms in total. The molecule has 0 unspecified atom stereocenters. The van der Waals surface area contributed by atoms with E-state index in [-0.39, 0.29) is 13.0 Å². The second-order valence-electron chi connectivity index (χ2n) is 5.54. The van der Waals surface area contributed by atoms with Crippen molar-refractivity contribution in [2.24, 2.45) is 0 Å². The van der Waals surface area contributed by atoms with Gasteiger partial charge in [0.15, 0.2) is 0 Å². The van der Waals surface area contributed by atoms with Crippen LogP contribution in [0.15, 0.2) is 35.3 Å². The molecule has 26 heavy (non-hydrogen) atoms. The number of aromatic nitrogens is 1. The molecule has 0 saturated heterocycles. The predicted octanol–water partition coefficient (Wildman–Crippen LogP) is 4.15. The Morgan fingerprint density at radius 1 is 1.31 bits per heavy atom. The minimum atomic E-state index is -4.62. The van der Waals surface area contributed by atoms with Crippen LogP contribution in [0.1, 0.15) is 24.0 Å². The first-order chi connectivity index (χ1) is 12.2. The summed E-state index contributed by atoms with van der Waals surface area (Å²) in [6.07, 6.45) is -3.75. The molecule has 0 aliphatic rings. The highest BCUT2D eigenvalue weighted by Crippen LogP contribution is 2.29. The zero-order chi connectivity index (χ0) is 19.3. The first-order valence-electron chi connectivity index (χ1n) is 7.65. The van der Waals surface area contributed by atoms with Crippen LogP contribution in [0.2, 0.25) is 5.02 Å². The number of amides is 1. The summed E-state index contributed by atoms with van der Waals surface area (Å²) in [5.41, 5.74) is -1.45. The maximum Gasteiger partial charge on any atom is 0.417 e. The largest absolute Gasteiger partial charge is 0.494 e. The van der Waals surface area contributed by atoms with Gasteiger partial charge in [0.1, 0.15) is 11.4 Å². The number of ether oxygens (including phenoxy) is 1. The molecule has 0 aliphatic heterocycles. The van der Waals surface area contributed by atoms with E-state index in [0.29, 0.717) is 29.5 Å². The molecule has 0 radical (unpaired) electrons. The molecule has 1 heterocycles. The van der Waals surface area contributed by atoms with Crippen molar-refractivity contribution in [3.63, 3.8) is 0 Å². The van der Waals surface area contributed by atoms with Crippen molar-refractivity contribution < 1.29 is 22.7 Å². The standard InChI is InChI=1S/C17H16ClF3N2O3/c1-10-7-12(4-5-13(10)18)26-6-2-3-15(24)23-14-8-11(17(19,20)21)9-22-16(14)25/h4-5,7-9H,2-3,6H2,1H3,(H,22,25)(H,23,24). The summed E-state index contributed by atoms with van der Waals surface area (Å²) >= 11 is 5.91. The molecular formula is C17H16ClF3N2O3. The Morgan fingerprint density at radius 3 is 2.69 bits per heavy atom. The second-order valence-corrected chi connectivity index (χ2v) is 5.95. The third-order valence-electron chi connectivity index (χ3n) is 3.45. The van der Waals surface area contributed by atoms with Gasteiger partial charge in [-0.1, -0.05) is 11.6 Å². The predicted molar refractivity (Wildman–Crippen MR) is 91.6 cm³/mol. The molecule has 0 bridgehead atoms. The fourth-order valence-corrected chi connectivity index (χ4v) is 2.20. The van der Waals surface area contributed by atoms with Gasteiger partial charge in [-0.05, 0) is 43.2 Å². The first-order valence-corrected chi connectivity index (χ1v) is 8.03. The summed E-state index contributed by atoms with van der Waals surface area (Å²) in [6, 6.07) is 5.74. The van der Waals surface area contributed by atoms with Gasteiger partial charge < -0.3 is 15.0 Å². The number of H-pyrrole nitrogens is 1. The quantitative estimate of drug-likeness (QED) is 0.730. The highest BCUT2D eigenvalue weighted by atomic mass is 35.5. The molecule has 1 amide bonds. The van der Waals surface area contributed by atoms with Gasteiger partial charge in [0, 0.05) is 17.6 Å². The van der Waals surface area contributed by atoms with E-state index in [9.17, 15) is 22.8 Å². The molecule has 9 heteroatoms. The Morgan fingerprint density at radius 2 is 2.04 bits per heavy atom. The van der Waals surface area contributed by atoms with Crippen LogP contribution in [-0.4, -0.2) is 17.5 Å². The van der Waals surface area contributed by atoms with Crippen molar-refractivity contribution in [1.82, 2.24) is 4.98 Å². The fraction of sp³-hybridized carbons (Fsp3) is 0.294. The third kappa shape index (κ3) is 5.52. The van der Waals surface area contributed by atoms with E-state index < -0.39 is 28.9 Å². The van der Waals surface area contributed by atoms with E-state index in [2.05, 4.69) is 5.32 Å². The Hall–Kier alpha value is -2.48. The number of aromatic amines is 1. The van der Waals surface area contributed by atoms with E-state index in [1.54, 1.807) is 18.2 Å². The van der Waals surface area contributed by atoms with E-state index in [0.717, 1.165) is 5.56 Å². The van der Waals surface area contributed by atoms with Gasteiger partial charge in [-0.3, -0.25) is 9.59 Å². The molecule has 0 aliphatic carbocycles. The number of anilines is 1. The summed E-state index contributed by atoms with van der Waals surface area (Å²) < 4.78 is 43.4. The lowest BCUT2D eigenvalue weighted by atomic mass is 10.2. The van der Waals surface area contributed by atoms with Gasteiger partial charge in [0.2, 0.25) is 5.91 Å².